The third-order valence-electron chi connectivity index (χ3n) is 0.330. The molecule has 0 atom stereocenters. The zero-order chi connectivity index (χ0) is 7.00. The molecule has 0 nitrogen and oxygen atoms in total. The van der Waals surface area contributed by atoms with Gasteiger partial charge >= 0.3 is 5.25 Å². The molecule has 0 saturated carbocycles. The second-order valence-corrected chi connectivity index (χ2v) is 3.81. The van der Waals surface area contributed by atoms with Crippen molar-refractivity contribution in [3.63, 3.8) is 0 Å². The Morgan fingerprint density at radius 1 is 1.12 bits per heavy atom. The fourth-order valence-electron chi connectivity index (χ4n) is 0. The molecule has 0 aliphatic carbocycles. The normalized spacial score (nSPS) is 14.2. The Bertz CT molecular complexity index is 70.3. The van der Waals surface area contributed by atoms with Gasteiger partial charge in [-0.15, -0.1) is 0 Å². The van der Waals surface area contributed by atoms with Crippen LogP contribution in [0.3, 0.4) is 0 Å². The number of alkyl halides is 5. The van der Waals surface area contributed by atoms with E-state index in [1.807, 2.05) is 0 Å². The van der Waals surface area contributed by atoms with Crippen LogP contribution >= 0.6 is 47.4 Å². The first kappa shape index (κ1) is 9.08. The minimum absolute atomic E-state index is 2.66. The minimum atomic E-state index is -3.68. The summed E-state index contributed by atoms with van der Waals surface area (Å²) < 4.78 is 20.6. The summed E-state index contributed by atoms with van der Waals surface area (Å²) in [6.45, 7) is 0. The van der Waals surface area contributed by atoms with Gasteiger partial charge in [0.15, 0.2) is 0 Å². The van der Waals surface area contributed by atoms with Crippen LogP contribution in [0.15, 0.2) is 0 Å². The molecule has 0 aliphatic heterocycles. The molecule has 0 aliphatic rings. The first-order valence-electron chi connectivity index (χ1n) is 1.40. The van der Waals surface area contributed by atoms with Crippen molar-refractivity contribution < 1.29 is 8.78 Å². The lowest BCUT2D eigenvalue weighted by Gasteiger charge is -2.15. The average Bonchev–Trinajstić information content (AvgIpc) is 1.25. The Kier molecular flexibility index (Phi) is 2.69. The lowest BCUT2D eigenvalue weighted by molar-refractivity contribution is 0.113. The topological polar surface area (TPSA) is 0 Å². The van der Waals surface area contributed by atoms with E-state index in [0.29, 0.717) is 0 Å². The predicted octanol–water partition coefficient (Wildman–Crippen LogP) is 3.15. The van der Waals surface area contributed by atoms with Gasteiger partial charge in [0.25, 0.3) is 3.79 Å². The molecule has 8 heavy (non-hydrogen) atoms. The van der Waals surface area contributed by atoms with E-state index in [2.05, 4.69) is 47.4 Å². The van der Waals surface area contributed by atoms with Crippen LogP contribution in [0.2, 0.25) is 0 Å². The van der Waals surface area contributed by atoms with E-state index in [1.54, 1.807) is 0 Å². The van der Waals surface area contributed by atoms with Gasteiger partial charge < -0.3 is 0 Å². The van der Waals surface area contributed by atoms with E-state index in [4.69, 9.17) is 0 Å². The highest BCUT2D eigenvalue weighted by Gasteiger charge is 2.48. The zero-order valence-corrected chi connectivity index (χ0v) is 6.38. The molecule has 0 spiro atoms. The third-order valence-corrected chi connectivity index (χ3v) is 1.68. The first-order valence-corrected chi connectivity index (χ1v) is 2.94. The summed E-state index contributed by atoms with van der Waals surface area (Å²) in [6.07, 6.45) is 0. The van der Waals surface area contributed by atoms with Crippen molar-refractivity contribution in [2.75, 3.05) is 0 Å². The van der Waals surface area contributed by atoms with Gasteiger partial charge in [-0.2, -0.15) is 8.78 Å². The van der Waals surface area contributed by atoms with E-state index in [9.17, 15) is 8.78 Å². The van der Waals surface area contributed by atoms with Gasteiger partial charge in [-0.25, -0.2) is 0 Å². The fourth-order valence-corrected chi connectivity index (χ4v) is 0. The molecule has 0 heterocycles. The monoisotopic (exact) mass is 199 g/mol. The largest absolute Gasteiger partial charge is 0.349 e. The van der Waals surface area contributed by atoms with Crippen molar-refractivity contribution in [2.24, 2.45) is 0 Å². The van der Waals surface area contributed by atoms with Gasteiger partial charge in [0, 0.05) is 0 Å². The van der Waals surface area contributed by atoms with Crippen molar-refractivity contribution in [3.8, 4) is 0 Å². The summed E-state index contributed by atoms with van der Waals surface area (Å²) in [7, 11) is 0. The number of hydrogen-bond donors (Lipinski definition) is 0. The van der Waals surface area contributed by atoms with Gasteiger partial charge in [0.05, 0.1) is 0 Å². The Hall–Kier alpha value is 1.08. The van der Waals surface area contributed by atoms with Crippen LogP contribution < -0.4 is 0 Å². The fraction of sp³-hybridized carbons (Fsp3) is 1.00. The highest BCUT2D eigenvalue weighted by Crippen LogP contribution is 2.44. The Balaban J connectivity index is 4.02. The van der Waals surface area contributed by atoms with E-state index in [1.165, 1.54) is 0 Å². The number of rotatable bonds is 0. The van der Waals surface area contributed by atoms with Crippen molar-refractivity contribution in [1.82, 2.24) is 0 Å². The van der Waals surface area contributed by atoms with Gasteiger partial charge in [0.1, 0.15) is 0 Å². The smallest absolute Gasteiger partial charge is 0.188 e. The van der Waals surface area contributed by atoms with Gasteiger partial charge in [0.2, 0.25) is 0 Å². The molecule has 0 N–H and O–H groups in total. The molecule has 0 rings (SSSR count). The maximum atomic E-state index is 11.6. The molecule has 0 amide bonds. The average molecular weight is 200 g/mol. The second kappa shape index (κ2) is 2.37. The maximum absolute atomic E-state index is 11.6. The Labute approximate surface area is 65.5 Å². The van der Waals surface area contributed by atoms with Gasteiger partial charge in [-0.3, -0.25) is 0 Å². The molecule has 49 valence electrons. The molecule has 0 aromatic rings. The van der Waals surface area contributed by atoms with Crippen LogP contribution in [-0.2, 0) is 0 Å². The molecule has 0 saturated heterocycles. The van der Waals surface area contributed by atoms with E-state index in [0.717, 1.165) is 0 Å². The van der Waals surface area contributed by atoms with Crippen molar-refractivity contribution >= 4 is 47.4 Å². The van der Waals surface area contributed by atoms with Crippen LogP contribution in [0.5, 0.6) is 0 Å². The van der Waals surface area contributed by atoms with Crippen LogP contribution in [-0.4, -0.2) is 9.05 Å². The van der Waals surface area contributed by atoms with E-state index >= 15 is 0 Å². The first-order chi connectivity index (χ1) is 3.25. The molecule has 0 aromatic heterocycles. The predicted molar refractivity (Wildman–Crippen MR) is 32.8 cm³/mol. The highest BCUT2D eigenvalue weighted by atomic mass is 35.6. The van der Waals surface area contributed by atoms with Crippen molar-refractivity contribution in [1.29, 1.82) is 0 Å². The van der Waals surface area contributed by atoms with Crippen molar-refractivity contribution in [2.45, 2.75) is 9.05 Å². The molecule has 0 aromatic carbocycles. The van der Waals surface area contributed by atoms with Crippen LogP contribution in [0.25, 0.3) is 0 Å². The summed E-state index contributed by atoms with van der Waals surface area (Å²) >= 11 is 17.6. The standard InChI is InChI=1S/C2Cl3F2S/c3-1(4,5)2(6,7)8. The summed E-state index contributed by atoms with van der Waals surface area (Å²) in [5.41, 5.74) is 0. The van der Waals surface area contributed by atoms with E-state index in [-0.39, 0.29) is 0 Å². The lowest BCUT2D eigenvalue weighted by Crippen LogP contribution is -2.26. The highest BCUT2D eigenvalue weighted by molar-refractivity contribution is 7.81. The molecule has 1 radical (unpaired) electrons. The zero-order valence-electron chi connectivity index (χ0n) is 3.30. The van der Waals surface area contributed by atoms with Crippen molar-refractivity contribution in [3.05, 3.63) is 0 Å². The number of halogens is 5. The lowest BCUT2D eigenvalue weighted by atomic mass is 10.8. The van der Waals surface area contributed by atoms with Crippen LogP contribution in [0, 0.1) is 0 Å². The SMILES string of the molecule is FC(F)([S])C(Cl)(Cl)Cl. The quantitative estimate of drug-likeness (QED) is 0.527. The summed E-state index contributed by atoms with van der Waals surface area (Å²) in [5, 5.41) is -3.68. The van der Waals surface area contributed by atoms with Crippen LogP contribution in [0.1, 0.15) is 0 Å². The van der Waals surface area contributed by atoms with Crippen LogP contribution in [0.4, 0.5) is 8.78 Å². The van der Waals surface area contributed by atoms with E-state index < -0.39 is 9.05 Å². The molecule has 0 fully saturated rings. The molecule has 6 heteroatoms. The summed E-state index contributed by atoms with van der Waals surface area (Å²) in [5.74, 6) is 0. The van der Waals surface area contributed by atoms with Gasteiger partial charge in [-0.05, 0) is 12.6 Å². The molecular formula is C2Cl3F2S. The molecular weight excluding hydrogens is 200 g/mol. The summed E-state index contributed by atoms with van der Waals surface area (Å²) in [6, 6.07) is 0. The Morgan fingerprint density at radius 3 is 1.25 bits per heavy atom. The van der Waals surface area contributed by atoms with Gasteiger partial charge in [-0.1, -0.05) is 34.8 Å². The minimum Gasteiger partial charge on any atom is -0.188 e. The Morgan fingerprint density at radius 2 is 1.25 bits per heavy atom. The second-order valence-electron chi connectivity index (χ2n) is 1.01. The summed E-state index contributed by atoms with van der Waals surface area (Å²) in [4.78, 5) is 0. The molecule has 0 unspecified atom stereocenters. The number of hydrogen-bond acceptors (Lipinski definition) is 0. The maximum Gasteiger partial charge on any atom is 0.349 e. The molecule has 0 bridgehead atoms. The third kappa shape index (κ3) is 2.58.